The summed E-state index contributed by atoms with van der Waals surface area (Å²) in [5, 5.41) is 0. The molecule has 0 aliphatic carbocycles. The molecule has 27 heavy (non-hydrogen) atoms. The number of ether oxygens (including phenoxy) is 1. The Hall–Kier alpha value is -2.94. The third-order valence-electron chi connectivity index (χ3n) is 5.60. The zero-order valence-electron chi connectivity index (χ0n) is 15.9. The first kappa shape index (κ1) is 17.5. The molecule has 3 nitrogen and oxygen atoms in total. The highest BCUT2D eigenvalue weighted by atomic mass is 16.5. The number of aryl methyl sites for hydroxylation is 1. The standard InChI is InChI=1S/C24H23NO2/c1-16-8-10-17(11-9-16)21-14-18(12-13-25-21)24(2,3)20-15-27-22-7-5-4-6-19(22)23(20)26/h4-14,20H,15H2,1-3H3. The number of carbonyl (C=O) groups excluding carboxylic acids is 1. The molecule has 1 aliphatic heterocycles. The fourth-order valence-electron chi connectivity index (χ4n) is 3.68. The van der Waals surface area contributed by atoms with Gasteiger partial charge in [0.15, 0.2) is 5.78 Å². The lowest BCUT2D eigenvalue weighted by Crippen LogP contribution is -2.41. The molecule has 4 rings (SSSR count). The SMILES string of the molecule is Cc1ccc(-c2cc(C(C)(C)C3COc4ccccc4C3=O)ccn2)cc1. The van der Waals surface area contributed by atoms with E-state index in [1.165, 1.54) is 5.56 Å². The first-order valence-electron chi connectivity index (χ1n) is 9.26. The van der Waals surface area contributed by atoms with Gasteiger partial charge in [-0.15, -0.1) is 0 Å². The average molecular weight is 357 g/mol. The minimum absolute atomic E-state index is 0.149. The van der Waals surface area contributed by atoms with Crippen molar-refractivity contribution < 1.29 is 9.53 Å². The molecule has 1 aliphatic rings. The van der Waals surface area contributed by atoms with Crippen LogP contribution in [0.2, 0.25) is 0 Å². The van der Waals surface area contributed by atoms with Crippen LogP contribution in [0.25, 0.3) is 11.3 Å². The van der Waals surface area contributed by atoms with Gasteiger partial charge in [-0.2, -0.15) is 0 Å². The number of nitrogens with zero attached hydrogens (tertiary/aromatic N) is 1. The Bertz CT molecular complexity index is 989. The molecule has 1 aromatic heterocycles. The molecule has 0 spiro atoms. The fraction of sp³-hybridized carbons (Fsp3) is 0.250. The van der Waals surface area contributed by atoms with E-state index in [-0.39, 0.29) is 17.1 Å². The zero-order valence-corrected chi connectivity index (χ0v) is 15.9. The monoisotopic (exact) mass is 357 g/mol. The molecule has 0 radical (unpaired) electrons. The van der Waals surface area contributed by atoms with Gasteiger partial charge in [0.1, 0.15) is 5.75 Å². The molecule has 136 valence electrons. The summed E-state index contributed by atoms with van der Waals surface area (Å²) in [5.74, 6) is 0.598. The van der Waals surface area contributed by atoms with Gasteiger partial charge in [0, 0.05) is 17.2 Å². The van der Waals surface area contributed by atoms with Crippen molar-refractivity contribution in [1.82, 2.24) is 4.98 Å². The first-order chi connectivity index (χ1) is 13.0. The highest BCUT2D eigenvalue weighted by molar-refractivity contribution is 6.02. The van der Waals surface area contributed by atoms with E-state index in [0.717, 1.165) is 16.8 Å². The lowest BCUT2D eigenvalue weighted by atomic mass is 9.70. The summed E-state index contributed by atoms with van der Waals surface area (Å²) in [6, 6.07) is 19.9. The minimum atomic E-state index is -0.368. The van der Waals surface area contributed by atoms with Gasteiger partial charge < -0.3 is 4.74 Å². The number of hydrogen-bond donors (Lipinski definition) is 0. The van der Waals surface area contributed by atoms with Crippen LogP contribution in [0.3, 0.4) is 0 Å². The number of pyridine rings is 1. The minimum Gasteiger partial charge on any atom is -0.492 e. The highest BCUT2D eigenvalue weighted by Crippen LogP contribution is 2.39. The Labute approximate surface area is 160 Å². The third kappa shape index (κ3) is 3.14. The maximum absolute atomic E-state index is 13.1. The van der Waals surface area contributed by atoms with Gasteiger partial charge in [-0.1, -0.05) is 55.8 Å². The molecular weight excluding hydrogens is 334 g/mol. The number of fused-ring (bicyclic) bond motifs is 1. The van der Waals surface area contributed by atoms with E-state index in [4.69, 9.17) is 4.74 Å². The second-order valence-corrected chi connectivity index (χ2v) is 7.74. The molecule has 0 fully saturated rings. The quantitative estimate of drug-likeness (QED) is 0.644. The summed E-state index contributed by atoms with van der Waals surface area (Å²) in [7, 11) is 0. The number of rotatable bonds is 3. The molecule has 1 unspecified atom stereocenters. The topological polar surface area (TPSA) is 39.2 Å². The van der Waals surface area contributed by atoms with E-state index in [0.29, 0.717) is 17.9 Å². The van der Waals surface area contributed by atoms with Crippen molar-refractivity contribution in [2.45, 2.75) is 26.2 Å². The molecule has 2 aromatic carbocycles. The lowest BCUT2D eigenvalue weighted by molar-refractivity contribution is 0.0737. The summed E-state index contributed by atoms with van der Waals surface area (Å²) in [6.07, 6.45) is 1.83. The molecule has 0 N–H and O–H groups in total. The van der Waals surface area contributed by atoms with Gasteiger partial charge in [-0.25, -0.2) is 0 Å². The van der Waals surface area contributed by atoms with Gasteiger partial charge in [-0.05, 0) is 36.8 Å². The number of hydrogen-bond acceptors (Lipinski definition) is 3. The zero-order chi connectivity index (χ0) is 19.0. The number of aromatic nitrogens is 1. The Morgan fingerprint density at radius 3 is 2.56 bits per heavy atom. The predicted molar refractivity (Wildman–Crippen MR) is 107 cm³/mol. The molecule has 1 atom stereocenters. The van der Waals surface area contributed by atoms with E-state index in [9.17, 15) is 4.79 Å². The summed E-state index contributed by atoms with van der Waals surface area (Å²) in [4.78, 5) is 17.7. The number of carbonyl (C=O) groups is 1. The molecular formula is C24H23NO2. The van der Waals surface area contributed by atoms with Crippen LogP contribution in [0.4, 0.5) is 0 Å². The van der Waals surface area contributed by atoms with Crippen molar-refractivity contribution in [3.05, 3.63) is 83.6 Å². The second-order valence-electron chi connectivity index (χ2n) is 7.74. The van der Waals surface area contributed by atoms with E-state index in [1.807, 2.05) is 36.5 Å². The van der Waals surface area contributed by atoms with Crippen molar-refractivity contribution in [3.8, 4) is 17.0 Å². The summed E-state index contributed by atoms with van der Waals surface area (Å²) < 4.78 is 5.91. The average Bonchev–Trinajstić information content (AvgIpc) is 2.69. The van der Waals surface area contributed by atoms with E-state index in [2.05, 4.69) is 56.1 Å². The highest BCUT2D eigenvalue weighted by Gasteiger charge is 2.41. The Balaban J connectivity index is 1.69. The number of ketones is 1. The molecule has 3 heteroatoms. The first-order valence-corrected chi connectivity index (χ1v) is 9.26. The lowest BCUT2D eigenvalue weighted by Gasteiger charge is -2.36. The van der Waals surface area contributed by atoms with Crippen LogP contribution in [-0.2, 0) is 5.41 Å². The maximum atomic E-state index is 13.1. The van der Waals surface area contributed by atoms with Crippen LogP contribution < -0.4 is 4.74 Å². The van der Waals surface area contributed by atoms with E-state index >= 15 is 0 Å². The molecule has 2 heterocycles. The Morgan fingerprint density at radius 1 is 1.04 bits per heavy atom. The van der Waals surface area contributed by atoms with Crippen LogP contribution in [0.5, 0.6) is 5.75 Å². The van der Waals surface area contributed by atoms with Crippen molar-refractivity contribution >= 4 is 5.78 Å². The summed E-state index contributed by atoms with van der Waals surface area (Å²) in [6.45, 7) is 6.69. The van der Waals surface area contributed by atoms with Crippen molar-refractivity contribution in [2.24, 2.45) is 5.92 Å². The van der Waals surface area contributed by atoms with Crippen LogP contribution in [0.1, 0.15) is 35.3 Å². The van der Waals surface area contributed by atoms with Gasteiger partial charge in [0.25, 0.3) is 0 Å². The van der Waals surface area contributed by atoms with Gasteiger partial charge in [0.2, 0.25) is 0 Å². The van der Waals surface area contributed by atoms with Crippen molar-refractivity contribution in [2.75, 3.05) is 6.61 Å². The van der Waals surface area contributed by atoms with E-state index in [1.54, 1.807) is 0 Å². The largest absolute Gasteiger partial charge is 0.492 e. The number of Topliss-reactive ketones (excluding diaryl/α,β-unsaturated/α-hetero) is 1. The Kier molecular flexibility index (Phi) is 4.31. The van der Waals surface area contributed by atoms with Crippen molar-refractivity contribution in [3.63, 3.8) is 0 Å². The normalized spacial score (nSPS) is 16.6. The van der Waals surface area contributed by atoms with Crippen LogP contribution in [0, 0.1) is 12.8 Å². The maximum Gasteiger partial charge on any atom is 0.173 e. The number of benzene rings is 2. The summed E-state index contributed by atoms with van der Waals surface area (Å²) >= 11 is 0. The smallest absolute Gasteiger partial charge is 0.173 e. The third-order valence-corrected chi connectivity index (χ3v) is 5.60. The van der Waals surface area contributed by atoms with E-state index < -0.39 is 0 Å². The second kappa shape index (κ2) is 6.66. The Morgan fingerprint density at radius 2 is 1.78 bits per heavy atom. The fourth-order valence-corrected chi connectivity index (χ4v) is 3.68. The molecule has 0 saturated carbocycles. The molecule has 0 saturated heterocycles. The van der Waals surface area contributed by atoms with Crippen LogP contribution >= 0.6 is 0 Å². The van der Waals surface area contributed by atoms with Crippen LogP contribution in [0.15, 0.2) is 66.9 Å². The predicted octanol–water partition coefficient (Wildman–Crippen LogP) is 5.23. The molecule has 0 bridgehead atoms. The molecule has 3 aromatic rings. The van der Waals surface area contributed by atoms with Crippen molar-refractivity contribution in [1.29, 1.82) is 0 Å². The van der Waals surface area contributed by atoms with Gasteiger partial charge >= 0.3 is 0 Å². The molecule has 0 amide bonds. The van der Waals surface area contributed by atoms with Crippen LogP contribution in [-0.4, -0.2) is 17.4 Å². The van der Waals surface area contributed by atoms with Gasteiger partial charge in [-0.3, -0.25) is 9.78 Å². The number of para-hydroxylation sites is 1. The summed E-state index contributed by atoms with van der Waals surface area (Å²) in [5.41, 5.74) is 4.62. The van der Waals surface area contributed by atoms with Gasteiger partial charge in [0.05, 0.1) is 23.8 Å².